The summed E-state index contributed by atoms with van der Waals surface area (Å²) in [6.07, 6.45) is 3.05. The first-order chi connectivity index (χ1) is 18.4. The molecule has 39 heavy (non-hydrogen) atoms. The van der Waals surface area contributed by atoms with Crippen molar-refractivity contribution in [3.63, 3.8) is 0 Å². The number of aliphatic hydroxyl groups is 4. The van der Waals surface area contributed by atoms with E-state index in [9.17, 15) is 25.2 Å². The van der Waals surface area contributed by atoms with Gasteiger partial charge < -0.3 is 39.4 Å². The van der Waals surface area contributed by atoms with Crippen molar-refractivity contribution in [3.8, 4) is 0 Å². The maximum absolute atomic E-state index is 12.4. The van der Waals surface area contributed by atoms with Crippen LogP contribution in [0.25, 0.3) is 0 Å². The van der Waals surface area contributed by atoms with Crippen LogP contribution in [0.5, 0.6) is 0 Å². The van der Waals surface area contributed by atoms with Gasteiger partial charge in [0.05, 0.1) is 23.9 Å². The van der Waals surface area contributed by atoms with E-state index in [1.165, 1.54) is 7.11 Å². The van der Waals surface area contributed by atoms with E-state index in [1.807, 2.05) is 0 Å². The van der Waals surface area contributed by atoms with Gasteiger partial charge in [-0.3, -0.25) is 0 Å². The number of ether oxygens (including phenoxy) is 4. The van der Waals surface area contributed by atoms with Gasteiger partial charge in [-0.2, -0.15) is 0 Å². The molecule has 0 unspecified atom stereocenters. The second kappa shape index (κ2) is 9.75. The van der Waals surface area contributed by atoms with Crippen LogP contribution in [0.4, 0.5) is 0 Å². The summed E-state index contributed by atoms with van der Waals surface area (Å²) in [4.78, 5) is 11.8. The van der Waals surface area contributed by atoms with E-state index in [-0.39, 0.29) is 35.2 Å². The molecule has 2 heterocycles. The van der Waals surface area contributed by atoms with Crippen molar-refractivity contribution in [2.45, 2.75) is 121 Å². The molecule has 0 bridgehead atoms. The molecule has 6 rings (SSSR count). The van der Waals surface area contributed by atoms with Gasteiger partial charge in [0.1, 0.15) is 24.9 Å². The molecule has 1 saturated heterocycles. The van der Waals surface area contributed by atoms with Crippen molar-refractivity contribution in [2.75, 3.05) is 13.7 Å². The lowest BCUT2D eigenvalue weighted by Crippen LogP contribution is -2.66. The molecule has 0 aromatic rings. The fourth-order valence-electron chi connectivity index (χ4n) is 10.2. The normalized spacial score (nSPS) is 55.3. The lowest BCUT2D eigenvalue weighted by Gasteiger charge is -2.65. The van der Waals surface area contributed by atoms with Crippen LogP contribution >= 0.6 is 0 Å². The van der Waals surface area contributed by atoms with Gasteiger partial charge in [-0.25, -0.2) is 4.79 Å². The standard InChI is InChI=1S/C30H46O9/c1-15-24(33)26(36-4)25(34)27(38-15)39-18-7-9-28(2)17(12-18)5-6-20-23(28)21(31)13-29(3)19(8-10-30(20,29)35)16-11-22(32)37-14-16/h11,15,17-21,23-27,31,33-35H,5-10,12-14H2,1-4H3/t15-,17-,18-,19-,20-,21-,23-,24+,25-,26+,27-,28+,29-,30+/m1/s1. The van der Waals surface area contributed by atoms with Crippen molar-refractivity contribution in [3.05, 3.63) is 11.6 Å². The van der Waals surface area contributed by atoms with Crippen LogP contribution in [0.15, 0.2) is 11.6 Å². The molecular weight excluding hydrogens is 504 g/mol. The number of esters is 1. The van der Waals surface area contributed by atoms with E-state index >= 15 is 0 Å². The largest absolute Gasteiger partial charge is 0.458 e. The summed E-state index contributed by atoms with van der Waals surface area (Å²) in [6.45, 7) is 6.46. The van der Waals surface area contributed by atoms with Crippen LogP contribution in [0, 0.1) is 34.5 Å². The summed E-state index contributed by atoms with van der Waals surface area (Å²) in [5, 5.41) is 45.2. The lowest BCUT2D eigenvalue weighted by atomic mass is 9.42. The molecule has 9 heteroatoms. The third-order valence-electron chi connectivity index (χ3n) is 12.3. The molecule has 0 radical (unpaired) electrons. The van der Waals surface area contributed by atoms with E-state index in [4.69, 9.17) is 18.9 Å². The molecule has 9 nitrogen and oxygen atoms in total. The maximum Gasteiger partial charge on any atom is 0.331 e. The van der Waals surface area contributed by atoms with Crippen LogP contribution < -0.4 is 0 Å². The van der Waals surface area contributed by atoms with Crippen LogP contribution in [0.2, 0.25) is 0 Å². The minimum absolute atomic E-state index is 0.00175. The quantitative estimate of drug-likeness (QED) is 0.307. The molecule has 4 N–H and O–H groups in total. The van der Waals surface area contributed by atoms with Gasteiger partial charge in [0.15, 0.2) is 6.29 Å². The zero-order valence-corrected chi connectivity index (χ0v) is 23.6. The Balaban J connectivity index is 1.18. The molecule has 0 aromatic heterocycles. The number of carbonyl (C=O) groups excluding carboxylic acids is 1. The number of fused-ring (bicyclic) bond motifs is 5. The van der Waals surface area contributed by atoms with Gasteiger partial charge >= 0.3 is 5.97 Å². The highest BCUT2D eigenvalue weighted by molar-refractivity contribution is 5.85. The summed E-state index contributed by atoms with van der Waals surface area (Å²) in [6, 6.07) is 0. The molecule has 4 aliphatic carbocycles. The monoisotopic (exact) mass is 550 g/mol. The third-order valence-corrected chi connectivity index (χ3v) is 12.3. The van der Waals surface area contributed by atoms with Crippen molar-refractivity contribution >= 4 is 5.97 Å². The Bertz CT molecular complexity index is 1000. The number of cyclic esters (lactones) is 1. The van der Waals surface area contributed by atoms with Gasteiger partial charge in [-0.1, -0.05) is 13.8 Å². The lowest BCUT2D eigenvalue weighted by molar-refractivity contribution is -0.314. The number of hydrogen-bond acceptors (Lipinski definition) is 9. The molecule has 5 fully saturated rings. The minimum Gasteiger partial charge on any atom is -0.458 e. The molecule has 6 aliphatic rings. The van der Waals surface area contributed by atoms with Gasteiger partial charge in [0, 0.05) is 18.6 Å². The molecule has 0 amide bonds. The predicted octanol–water partition coefficient (Wildman–Crippen LogP) is 2.08. The molecule has 0 aromatic carbocycles. The van der Waals surface area contributed by atoms with Crippen LogP contribution in [0.1, 0.15) is 72.1 Å². The first-order valence-corrected chi connectivity index (χ1v) is 14.9. The van der Waals surface area contributed by atoms with E-state index in [1.54, 1.807) is 13.0 Å². The Labute approximate surface area is 230 Å². The Kier molecular flexibility index (Phi) is 7.02. The molecule has 220 valence electrons. The summed E-state index contributed by atoms with van der Waals surface area (Å²) in [5.74, 6) is 0.0523. The van der Waals surface area contributed by atoms with E-state index < -0.39 is 47.8 Å². The van der Waals surface area contributed by atoms with Crippen LogP contribution in [0.3, 0.4) is 0 Å². The van der Waals surface area contributed by atoms with Gasteiger partial charge in [0.25, 0.3) is 0 Å². The minimum atomic E-state index is -1.08. The van der Waals surface area contributed by atoms with Gasteiger partial charge in [-0.15, -0.1) is 0 Å². The van der Waals surface area contributed by atoms with E-state index in [2.05, 4.69) is 13.8 Å². The number of methoxy groups -OCH3 is 1. The number of rotatable bonds is 4. The maximum atomic E-state index is 12.4. The Morgan fingerprint density at radius 3 is 2.51 bits per heavy atom. The molecule has 14 atom stereocenters. The van der Waals surface area contributed by atoms with Crippen molar-refractivity contribution < 1.29 is 44.2 Å². The Morgan fingerprint density at radius 2 is 1.82 bits per heavy atom. The summed E-state index contributed by atoms with van der Waals surface area (Å²) in [7, 11) is 1.47. The second-order valence-electron chi connectivity index (χ2n) is 13.9. The smallest absolute Gasteiger partial charge is 0.331 e. The first-order valence-electron chi connectivity index (χ1n) is 14.9. The van der Waals surface area contributed by atoms with Gasteiger partial charge in [-0.05, 0) is 93.0 Å². The number of hydrogen-bond donors (Lipinski definition) is 4. The van der Waals surface area contributed by atoms with Gasteiger partial charge in [0.2, 0.25) is 0 Å². The summed E-state index contributed by atoms with van der Waals surface area (Å²) in [5.41, 5.74) is -0.550. The number of carbonyl (C=O) groups is 1. The zero-order chi connectivity index (χ0) is 27.9. The van der Waals surface area contributed by atoms with Crippen molar-refractivity contribution in [2.24, 2.45) is 34.5 Å². The first kappa shape index (κ1) is 28.1. The van der Waals surface area contributed by atoms with Crippen LogP contribution in [-0.2, 0) is 23.7 Å². The fourth-order valence-corrected chi connectivity index (χ4v) is 10.2. The molecular formula is C30H46O9. The average molecular weight is 551 g/mol. The average Bonchev–Trinajstić information content (AvgIpc) is 3.42. The number of aliphatic hydroxyl groups excluding tert-OH is 3. The summed E-state index contributed by atoms with van der Waals surface area (Å²) < 4.78 is 22.7. The molecule has 0 spiro atoms. The highest BCUT2D eigenvalue weighted by Crippen LogP contribution is 2.70. The Morgan fingerprint density at radius 1 is 1.05 bits per heavy atom. The Hall–Kier alpha value is -1.07. The SMILES string of the molecule is CO[C@H]1[C@@H](O)[C@@H](C)O[C@H](O[C@@H]2CC[C@@]3(C)[C@H](CC[C@@H]4[C@@H]3[C@H](O)C[C@]3(C)[C@@H](C5=CC(=O)OC5)CC[C@]43O)C2)[C@@H]1O. The van der Waals surface area contributed by atoms with Crippen LogP contribution in [-0.4, -0.2) is 88.6 Å². The topological polar surface area (TPSA) is 135 Å². The fraction of sp³-hybridized carbons (Fsp3) is 0.900. The predicted molar refractivity (Wildman–Crippen MR) is 139 cm³/mol. The van der Waals surface area contributed by atoms with E-state index in [0.29, 0.717) is 25.4 Å². The summed E-state index contributed by atoms with van der Waals surface area (Å²) >= 11 is 0. The molecule has 2 aliphatic heterocycles. The molecule has 4 saturated carbocycles. The van der Waals surface area contributed by atoms with Crippen molar-refractivity contribution in [1.82, 2.24) is 0 Å². The third kappa shape index (κ3) is 4.09. The highest BCUT2D eigenvalue weighted by atomic mass is 16.7. The van der Waals surface area contributed by atoms with Crippen molar-refractivity contribution in [1.29, 1.82) is 0 Å². The highest BCUT2D eigenvalue weighted by Gasteiger charge is 2.70. The van der Waals surface area contributed by atoms with E-state index in [0.717, 1.165) is 44.1 Å². The second-order valence-corrected chi connectivity index (χ2v) is 13.9. The zero-order valence-electron chi connectivity index (χ0n) is 23.6.